The number of nitrogens with zero attached hydrogens (tertiary/aromatic N) is 4. The van der Waals surface area contributed by atoms with Gasteiger partial charge in [0.25, 0.3) is 0 Å². The van der Waals surface area contributed by atoms with Crippen molar-refractivity contribution in [2.75, 3.05) is 25.5 Å². The smallest absolute Gasteiger partial charge is 0.153 e. The fraction of sp³-hybridized carbons (Fsp3) is 0.312. The number of hydrogen-bond acceptors (Lipinski definition) is 6. The van der Waals surface area contributed by atoms with Crippen LogP contribution in [-0.2, 0) is 11.3 Å². The highest BCUT2D eigenvalue weighted by atomic mass is 16.5. The van der Waals surface area contributed by atoms with Crippen LogP contribution in [0.1, 0.15) is 5.69 Å². The van der Waals surface area contributed by atoms with Crippen LogP contribution < -0.4 is 5.32 Å². The van der Waals surface area contributed by atoms with E-state index in [4.69, 9.17) is 4.74 Å². The van der Waals surface area contributed by atoms with Crippen LogP contribution >= 0.6 is 0 Å². The highest BCUT2D eigenvalue weighted by Crippen LogP contribution is 2.19. The van der Waals surface area contributed by atoms with E-state index in [2.05, 4.69) is 30.4 Å². The number of methoxy groups -OCH3 is 1. The number of imidazole rings is 1. The van der Waals surface area contributed by atoms with Crippen molar-refractivity contribution in [2.45, 2.75) is 12.6 Å². The SMILES string of the molecule is COC1CN(Cc2ccc(Nc3ccc4[nH]cnc4c3)nn2)C1. The first-order valence-electron chi connectivity index (χ1n) is 7.58. The van der Waals surface area contributed by atoms with Crippen molar-refractivity contribution in [3.05, 3.63) is 42.4 Å². The number of rotatable bonds is 5. The molecule has 23 heavy (non-hydrogen) atoms. The van der Waals surface area contributed by atoms with Crippen molar-refractivity contribution in [3.8, 4) is 0 Å². The molecule has 2 N–H and O–H groups in total. The highest BCUT2D eigenvalue weighted by Gasteiger charge is 2.26. The van der Waals surface area contributed by atoms with Gasteiger partial charge in [0.05, 0.1) is 29.2 Å². The van der Waals surface area contributed by atoms with E-state index in [0.717, 1.165) is 47.9 Å². The molecular formula is C16H18N6O. The minimum atomic E-state index is 0.362. The molecule has 1 aliphatic heterocycles. The Balaban J connectivity index is 1.39. The molecule has 0 aliphatic carbocycles. The van der Waals surface area contributed by atoms with E-state index in [1.54, 1.807) is 13.4 Å². The average molecular weight is 310 g/mol. The first kappa shape index (κ1) is 14.1. The van der Waals surface area contributed by atoms with E-state index in [-0.39, 0.29) is 0 Å². The molecule has 4 rings (SSSR count). The minimum absolute atomic E-state index is 0.362. The fourth-order valence-electron chi connectivity index (χ4n) is 2.70. The molecule has 1 fully saturated rings. The molecule has 0 bridgehead atoms. The summed E-state index contributed by atoms with van der Waals surface area (Å²) >= 11 is 0. The molecule has 118 valence electrons. The largest absolute Gasteiger partial charge is 0.379 e. The van der Waals surface area contributed by atoms with Gasteiger partial charge in [0, 0.05) is 32.4 Å². The van der Waals surface area contributed by atoms with Crippen LogP contribution in [0.5, 0.6) is 0 Å². The zero-order valence-corrected chi connectivity index (χ0v) is 12.9. The summed E-state index contributed by atoms with van der Waals surface area (Å²) in [6, 6.07) is 9.91. The summed E-state index contributed by atoms with van der Waals surface area (Å²) in [5, 5.41) is 11.8. The van der Waals surface area contributed by atoms with E-state index >= 15 is 0 Å². The van der Waals surface area contributed by atoms with Gasteiger partial charge in [-0.3, -0.25) is 4.90 Å². The van der Waals surface area contributed by atoms with Gasteiger partial charge in [-0.15, -0.1) is 5.10 Å². The first-order valence-corrected chi connectivity index (χ1v) is 7.58. The third-order valence-corrected chi connectivity index (χ3v) is 4.06. The Kier molecular flexibility index (Phi) is 3.64. The summed E-state index contributed by atoms with van der Waals surface area (Å²) in [5.74, 6) is 0.724. The summed E-state index contributed by atoms with van der Waals surface area (Å²) in [7, 11) is 1.75. The maximum absolute atomic E-state index is 5.27. The van der Waals surface area contributed by atoms with E-state index in [0.29, 0.717) is 6.10 Å². The fourth-order valence-corrected chi connectivity index (χ4v) is 2.70. The van der Waals surface area contributed by atoms with Gasteiger partial charge in [-0.2, -0.15) is 5.10 Å². The Morgan fingerprint density at radius 3 is 2.96 bits per heavy atom. The molecule has 0 spiro atoms. The van der Waals surface area contributed by atoms with Crippen LogP contribution in [0.25, 0.3) is 11.0 Å². The van der Waals surface area contributed by atoms with Crippen molar-refractivity contribution >= 4 is 22.5 Å². The minimum Gasteiger partial charge on any atom is -0.379 e. The second-order valence-corrected chi connectivity index (χ2v) is 5.72. The Morgan fingerprint density at radius 1 is 1.26 bits per heavy atom. The second-order valence-electron chi connectivity index (χ2n) is 5.72. The van der Waals surface area contributed by atoms with Gasteiger partial charge in [-0.05, 0) is 30.3 Å². The van der Waals surface area contributed by atoms with Crippen LogP contribution in [0.2, 0.25) is 0 Å². The van der Waals surface area contributed by atoms with E-state index < -0.39 is 0 Å². The average Bonchev–Trinajstić information content (AvgIpc) is 2.99. The van der Waals surface area contributed by atoms with E-state index in [1.807, 2.05) is 30.3 Å². The molecule has 0 saturated carbocycles. The van der Waals surface area contributed by atoms with E-state index in [9.17, 15) is 0 Å². The number of fused-ring (bicyclic) bond motifs is 1. The lowest BCUT2D eigenvalue weighted by molar-refractivity contribution is -0.0340. The number of aromatic amines is 1. The van der Waals surface area contributed by atoms with Crippen LogP contribution in [0, 0.1) is 0 Å². The Morgan fingerprint density at radius 2 is 2.17 bits per heavy atom. The van der Waals surface area contributed by atoms with E-state index in [1.165, 1.54) is 0 Å². The maximum atomic E-state index is 5.27. The summed E-state index contributed by atoms with van der Waals surface area (Å²) in [6.07, 6.45) is 2.05. The second kappa shape index (κ2) is 5.94. The van der Waals surface area contributed by atoms with Gasteiger partial charge in [0.15, 0.2) is 5.82 Å². The molecule has 0 amide bonds. The van der Waals surface area contributed by atoms with Gasteiger partial charge in [-0.1, -0.05) is 0 Å². The van der Waals surface area contributed by atoms with Gasteiger partial charge in [-0.25, -0.2) is 4.98 Å². The molecule has 3 heterocycles. The van der Waals surface area contributed by atoms with Crippen molar-refractivity contribution < 1.29 is 4.74 Å². The third-order valence-electron chi connectivity index (χ3n) is 4.06. The molecule has 0 atom stereocenters. The van der Waals surface area contributed by atoms with Crippen LogP contribution in [-0.4, -0.2) is 51.4 Å². The lowest BCUT2D eigenvalue weighted by Crippen LogP contribution is -2.51. The molecule has 2 aromatic heterocycles. The molecule has 7 nitrogen and oxygen atoms in total. The Hall–Kier alpha value is -2.51. The van der Waals surface area contributed by atoms with Gasteiger partial charge in [0.2, 0.25) is 0 Å². The van der Waals surface area contributed by atoms with Crippen molar-refractivity contribution in [2.24, 2.45) is 0 Å². The normalized spacial score (nSPS) is 15.7. The monoisotopic (exact) mass is 310 g/mol. The third kappa shape index (κ3) is 3.01. The molecule has 1 aromatic carbocycles. The van der Waals surface area contributed by atoms with Crippen molar-refractivity contribution in [1.82, 2.24) is 25.1 Å². The number of benzene rings is 1. The predicted molar refractivity (Wildman–Crippen MR) is 87.5 cm³/mol. The molecule has 7 heteroatoms. The number of aromatic nitrogens is 4. The van der Waals surface area contributed by atoms with Gasteiger partial charge in [0.1, 0.15) is 0 Å². The topological polar surface area (TPSA) is 79.0 Å². The summed E-state index contributed by atoms with van der Waals surface area (Å²) in [6.45, 7) is 2.73. The number of H-pyrrole nitrogens is 1. The Labute approximate surface area is 133 Å². The van der Waals surface area contributed by atoms with Crippen LogP contribution in [0.3, 0.4) is 0 Å². The molecule has 1 saturated heterocycles. The Bertz CT molecular complexity index is 794. The highest BCUT2D eigenvalue weighted by molar-refractivity contribution is 5.79. The number of anilines is 2. The van der Waals surface area contributed by atoms with Gasteiger partial charge >= 0.3 is 0 Å². The number of likely N-dealkylation sites (tertiary alicyclic amines) is 1. The molecule has 0 radical (unpaired) electrons. The van der Waals surface area contributed by atoms with Gasteiger partial charge < -0.3 is 15.0 Å². The number of nitrogens with one attached hydrogen (secondary N) is 2. The molecular weight excluding hydrogens is 292 g/mol. The summed E-state index contributed by atoms with van der Waals surface area (Å²) in [4.78, 5) is 9.61. The number of hydrogen-bond donors (Lipinski definition) is 2. The zero-order valence-electron chi connectivity index (χ0n) is 12.9. The predicted octanol–water partition coefficient (Wildman–Crippen LogP) is 1.93. The quantitative estimate of drug-likeness (QED) is 0.749. The standard InChI is InChI=1S/C16H18N6O/c1-23-13-8-22(9-13)7-12-3-5-16(21-20-12)19-11-2-4-14-15(6-11)18-10-17-14/h2-6,10,13H,7-9H2,1H3,(H,17,18)(H,19,21). The number of ether oxygens (including phenoxy) is 1. The molecule has 0 unspecified atom stereocenters. The first-order chi connectivity index (χ1) is 11.3. The van der Waals surface area contributed by atoms with Crippen LogP contribution in [0.4, 0.5) is 11.5 Å². The van der Waals surface area contributed by atoms with Crippen molar-refractivity contribution in [1.29, 1.82) is 0 Å². The zero-order chi connectivity index (χ0) is 15.6. The lowest BCUT2D eigenvalue weighted by atomic mass is 10.1. The summed E-state index contributed by atoms with van der Waals surface area (Å²) < 4.78 is 5.27. The molecule has 1 aliphatic rings. The lowest BCUT2D eigenvalue weighted by Gasteiger charge is -2.37. The molecule has 3 aromatic rings. The summed E-state index contributed by atoms with van der Waals surface area (Å²) in [5.41, 5.74) is 3.84. The van der Waals surface area contributed by atoms with Crippen molar-refractivity contribution in [3.63, 3.8) is 0 Å². The van der Waals surface area contributed by atoms with Crippen LogP contribution in [0.15, 0.2) is 36.7 Å². The maximum Gasteiger partial charge on any atom is 0.153 e.